The number of carbonyl (C=O) groups excluding carboxylic acids is 1. The first-order chi connectivity index (χ1) is 12.4. The van der Waals surface area contributed by atoms with Crippen molar-refractivity contribution in [1.29, 1.82) is 0 Å². The van der Waals surface area contributed by atoms with Crippen LogP contribution >= 0.6 is 23.5 Å². The van der Waals surface area contributed by atoms with Gasteiger partial charge in [0.1, 0.15) is 0 Å². The topological polar surface area (TPSA) is 74.8 Å². The molecule has 0 bridgehead atoms. The molecular formula is C16H14F3N3O2S2. The van der Waals surface area contributed by atoms with Crippen LogP contribution in [0.1, 0.15) is 24.6 Å². The quantitative estimate of drug-likeness (QED) is 0.456. The third-order valence-electron chi connectivity index (χ3n) is 3.77. The highest BCUT2D eigenvalue weighted by Crippen LogP contribution is 2.29. The van der Waals surface area contributed by atoms with Gasteiger partial charge in [-0.3, -0.25) is 9.59 Å². The number of halogens is 3. The molecule has 26 heavy (non-hydrogen) atoms. The fourth-order valence-electron chi connectivity index (χ4n) is 2.39. The maximum Gasteiger partial charge on any atom is 0.255 e. The van der Waals surface area contributed by atoms with Crippen LogP contribution in [0.15, 0.2) is 22.1 Å². The minimum atomic E-state index is -1.65. The SMILES string of the molecule is CCC(Sc1nc2c(c(=O)[nH]1)CSC2)C(=O)Nc1ccc(F)c(F)c1F. The largest absolute Gasteiger partial charge is 0.323 e. The van der Waals surface area contributed by atoms with E-state index in [4.69, 9.17) is 0 Å². The van der Waals surface area contributed by atoms with E-state index in [2.05, 4.69) is 15.3 Å². The fourth-order valence-corrected chi connectivity index (χ4v) is 4.34. The molecule has 138 valence electrons. The molecular weight excluding hydrogens is 387 g/mol. The van der Waals surface area contributed by atoms with E-state index < -0.39 is 34.3 Å². The van der Waals surface area contributed by atoms with Gasteiger partial charge in [0.25, 0.3) is 5.56 Å². The molecule has 1 aromatic heterocycles. The summed E-state index contributed by atoms with van der Waals surface area (Å²) in [7, 11) is 0. The van der Waals surface area contributed by atoms with Gasteiger partial charge in [0, 0.05) is 17.1 Å². The van der Waals surface area contributed by atoms with E-state index in [1.54, 1.807) is 18.7 Å². The Morgan fingerprint density at radius 3 is 2.85 bits per heavy atom. The maximum atomic E-state index is 13.7. The first-order valence-electron chi connectivity index (χ1n) is 7.71. The van der Waals surface area contributed by atoms with Gasteiger partial charge in [0.15, 0.2) is 22.6 Å². The molecule has 10 heteroatoms. The zero-order valence-electron chi connectivity index (χ0n) is 13.6. The lowest BCUT2D eigenvalue weighted by molar-refractivity contribution is -0.115. The average Bonchev–Trinajstić information content (AvgIpc) is 3.09. The molecule has 0 aliphatic carbocycles. The van der Waals surface area contributed by atoms with Gasteiger partial charge in [-0.25, -0.2) is 18.2 Å². The Kier molecular flexibility index (Phi) is 5.61. The molecule has 1 amide bonds. The van der Waals surface area contributed by atoms with Gasteiger partial charge in [-0.2, -0.15) is 11.8 Å². The van der Waals surface area contributed by atoms with Crippen LogP contribution < -0.4 is 10.9 Å². The average molecular weight is 401 g/mol. The molecule has 0 saturated heterocycles. The summed E-state index contributed by atoms with van der Waals surface area (Å²) in [6.07, 6.45) is 0.358. The molecule has 0 saturated carbocycles. The van der Waals surface area contributed by atoms with E-state index >= 15 is 0 Å². The number of benzene rings is 1. The van der Waals surface area contributed by atoms with Crippen molar-refractivity contribution in [1.82, 2.24) is 9.97 Å². The molecule has 1 aliphatic rings. The van der Waals surface area contributed by atoms with Crippen LogP contribution in [0.4, 0.5) is 18.9 Å². The summed E-state index contributed by atoms with van der Waals surface area (Å²) in [5, 5.41) is 1.85. The minimum Gasteiger partial charge on any atom is -0.323 e. The van der Waals surface area contributed by atoms with Crippen LogP contribution in [0, 0.1) is 17.5 Å². The third-order valence-corrected chi connectivity index (χ3v) is 5.99. The van der Waals surface area contributed by atoms with Crippen LogP contribution in [-0.4, -0.2) is 21.1 Å². The Balaban J connectivity index is 1.77. The molecule has 2 N–H and O–H groups in total. The summed E-state index contributed by atoms with van der Waals surface area (Å²) in [5.41, 5.74) is 0.660. The number of carbonyl (C=O) groups is 1. The Labute approximate surface area is 155 Å². The Bertz CT molecular complexity index is 920. The minimum absolute atomic E-state index is 0.232. The first-order valence-corrected chi connectivity index (χ1v) is 9.75. The number of thioether (sulfide) groups is 2. The number of aromatic nitrogens is 2. The second-order valence-electron chi connectivity index (χ2n) is 5.52. The molecule has 0 fully saturated rings. The van der Waals surface area contributed by atoms with Gasteiger partial charge in [-0.1, -0.05) is 18.7 Å². The highest BCUT2D eigenvalue weighted by atomic mass is 32.2. The predicted octanol–water partition coefficient (Wildman–Crippen LogP) is 3.44. The normalized spacial score (nSPS) is 14.2. The van der Waals surface area contributed by atoms with Crippen molar-refractivity contribution < 1.29 is 18.0 Å². The first kappa shape index (κ1) is 18.8. The molecule has 1 atom stereocenters. The molecule has 3 rings (SSSR count). The van der Waals surface area contributed by atoms with Crippen molar-refractivity contribution >= 4 is 35.1 Å². The maximum absolute atomic E-state index is 13.7. The number of rotatable bonds is 5. The molecule has 1 unspecified atom stereocenters. The lowest BCUT2D eigenvalue weighted by Gasteiger charge is -2.15. The summed E-state index contributed by atoms with van der Waals surface area (Å²) in [6, 6.07) is 1.69. The summed E-state index contributed by atoms with van der Waals surface area (Å²) in [5.74, 6) is -3.80. The smallest absolute Gasteiger partial charge is 0.255 e. The van der Waals surface area contributed by atoms with Gasteiger partial charge in [-0.05, 0) is 18.6 Å². The standard InChI is InChI=1S/C16H14F3N3O2S2/c1-2-11(15(24)20-9-4-3-8(17)12(18)13(9)19)26-16-21-10-6-25-5-7(10)14(23)22-16/h3-4,11H,2,5-6H2,1H3,(H,20,24)(H,21,22,23). The van der Waals surface area contributed by atoms with E-state index in [9.17, 15) is 22.8 Å². The highest BCUT2D eigenvalue weighted by molar-refractivity contribution is 8.00. The molecule has 2 aromatic rings. The summed E-state index contributed by atoms with van der Waals surface area (Å²) >= 11 is 2.61. The predicted molar refractivity (Wildman–Crippen MR) is 94.7 cm³/mol. The van der Waals surface area contributed by atoms with E-state index in [-0.39, 0.29) is 5.56 Å². The van der Waals surface area contributed by atoms with Crippen molar-refractivity contribution in [2.75, 3.05) is 5.32 Å². The molecule has 2 heterocycles. The fraction of sp³-hybridized carbons (Fsp3) is 0.312. The number of amides is 1. The van der Waals surface area contributed by atoms with Crippen molar-refractivity contribution in [2.45, 2.75) is 35.3 Å². The molecule has 1 aromatic carbocycles. The van der Waals surface area contributed by atoms with E-state index in [0.717, 1.165) is 23.9 Å². The Morgan fingerprint density at radius 2 is 2.12 bits per heavy atom. The number of nitrogens with zero attached hydrogens (tertiary/aromatic N) is 1. The second-order valence-corrected chi connectivity index (χ2v) is 7.69. The lowest BCUT2D eigenvalue weighted by atomic mass is 10.2. The van der Waals surface area contributed by atoms with Crippen molar-refractivity contribution in [2.24, 2.45) is 0 Å². The Hall–Kier alpha value is -1.94. The second kappa shape index (κ2) is 7.75. The van der Waals surface area contributed by atoms with Crippen molar-refractivity contribution in [3.8, 4) is 0 Å². The molecule has 0 spiro atoms. The molecule has 5 nitrogen and oxygen atoms in total. The monoisotopic (exact) mass is 401 g/mol. The van der Waals surface area contributed by atoms with Gasteiger partial charge in [-0.15, -0.1) is 0 Å². The number of nitrogens with one attached hydrogen (secondary N) is 2. The zero-order chi connectivity index (χ0) is 18.8. The third kappa shape index (κ3) is 3.75. The summed E-state index contributed by atoms with van der Waals surface area (Å²) in [6.45, 7) is 1.74. The number of fused-ring (bicyclic) bond motifs is 1. The van der Waals surface area contributed by atoms with Gasteiger partial charge >= 0.3 is 0 Å². The molecule has 1 aliphatic heterocycles. The number of H-pyrrole nitrogens is 1. The summed E-state index contributed by atoms with van der Waals surface area (Å²) < 4.78 is 40.0. The molecule has 0 radical (unpaired) electrons. The number of anilines is 1. The van der Waals surface area contributed by atoms with E-state index in [0.29, 0.717) is 34.3 Å². The van der Waals surface area contributed by atoms with Crippen molar-refractivity contribution in [3.63, 3.8) is 0 Å². The zero-order valence-corrected chi connectivity index (χ0v) is 15.2. The van der Waals surface area contributed by atoms with Crippen molar-refractivity contribution in [3.05, 3.63) is 51.2 Å². The number of hydrogen-bond acceptors (Lipinski definition) is 5. The van der Waals surface area contributed by atoms with Crippen LogP contribution in [0.25, 0.3) is 0 Å². The number of aromatic amines is 1. The summed E-state index contributed by atoms with van der Waals surface area (Å²) in [4.78, 5) is 31.4. The van der Waals surface area contributed by atoms with E-state index in [1.807, 2.05) is 0 Å². The van der Waals surface area contributed by atoms with E-state index in [1.165, 1.54) is 0 Å². The lowest BCUT2D eigenvalue weighted by Crippen LogP contribution is -2.26. The Morgan fingerprint density at radius 1 is 1.35 bits per heavy atom. The van der Waals surface area contributed by atoms with Gasteiger partial charge < -0.3 is 10.3 Å². The van der Waals surface area contributed by atoms with Crippen LogP contribution in [0.3, 0.4) is 0 Å². The highest BCUT2D eigenvalue weighted by Gasteiger charge is 2.24. The van der Waals surface area contributed by atoms with Crippen LogP contribution in [0.2, 0.25) is 0 Å². The van der Waals surface area contributed by atoms with Gasteiger partial charge in [0.05, 0.1) is 16.6 Å². The van der Waals surface area contributed by atoms with Crippen LogP contribution in [0.5, 0.6) is 0 Å². The number of hydrogen-bond donors (Lipinski definition) is 2. The van der Waals surface area contributed by atoms with Gasteiger partial charge in [0.2, 0.25) is 5.91 Å². The van der Waals surface area contributed by atoms with Crippen LogP contribution in [-0.2, 0) is 16.3 Å².